The first-order valence-corrected chi connectivity index (χ1v) is 8.31. The van der Waals surface area contributed by atoms with Gasteiger partial charge in [0.25, 0.3) is 0 Å². The van der Waals surface area contributed by atoms with Crippen molar-refractivity contribution < 1.29 is 9.21 Å². The molecule has 126 valence electrons. The Kier molecular flexibility index (Phi) is 5.11. The number of furan rings is 1. The van der Waals surface area contributed by atoms with Crippen LogP contribution in [0.4, 0.5) is 0 Å². The molecule has 1 aliphatic heterocycles. The highest BCUT2D eigenvalue weighted by molar-refractivity contribution is 5.91. The summed E-state index contributed by atoms with van der Waals surface area (Å²) in [6.45, 7) is 7.30. The summed E-state index contributed by atoms with van der Waals surface area (Å²) < 4.78 is 5.45. The van der Waals surface area contributed by atoms with E-state index in [0.717, 1.165) is 31.9 Å². The van der Waals surface area contributed by atoms with E-state index in [1.54, 1.807) is 18.3 Å². The number of rotatable bonds is 4. The molecular weight excluding hydrogens is 302 g/mol. The maximum atomic E-state index is 12.3. The summed E-state index contributed by atoms with van der Waals surface area (Å²) in [6, 6.07) is 8.14. The number of aromatic nitrogens is 1. The van der Waals surface area contributed by atoms with Crippen molar-refractivity contribution in [2.24, 2.45) is 0 Å². The van der Waals surface area contributed by atoms with Gasteiger partial charge >= 0.3 is 0 Å². The summed E-state index contributed by atoms with van der Waals surface area (Å²) >= 11 is 0. The molecule has 0 radical (unpaired) electrons. The van der Waals surface area contributed by atoms with Crippen molar-refractivity contribution in [3.05, 3.63) is 59.8 Å². The van der Waals surface area contributed by atoms with Crippen LogP contribution in [0.1, 0.15) is 30.0 Å². The minimum Gasteiger partial charge on any atom is -0.462 e. The van der Waals surface area contributed by atoms with Crippen LogP contribution in [-0.2, 0) is 4.79 Å². The molecule has 0 N–H and O–H groups in total. The standard InChI is InChI=1S/C19H23N3O2/c1-15-5-6-18(24-15)7-8-19(23)22-12-10-21(11-13-22)16(2)17-4-3-9-20-14-17/h3-9,14,16H,10-13H2,1-2H3/b8-7+/t16-/m1/s1. The lowest BCUT2D eigenvalue weighted by molar-refractivity contribution is -0.127. The molecule has 2 aromatic heterocycles. The normalized spacial score (nSPS) is 17.3. The lowest BCUT2D eigenvalue weighted by atomic mass is 10.1. The summed E-state index contributed by atoms with van der Waals surface area (Å²) in [6.07, 6.45) is 7.04. The molecule has 1 amide bonds. The van der Waals surface area contributed by atoms with E-state index >= 15 is 0 Å². The Morgan fingerprint density at radius 2 is 2.04 bits per heavy atom. The van der Waals surface area contributed by atoms with Gasteiger partial charge in [-0.25, -0.2) is 0 Å². The first-order valence-electron chi connectivity index (χ1n) is 8.31. The molecule has 0 aromatic carbocycles. The lowest BCUT2D eigenvalue weighted by Crippen LogP contribution is -2.48. The first kappa shape index (κ1) is 16.5. The smallest absolute Gasteiger partial charge is 0.246 e. The van der Waals surface area contributed by atoms with Gasteiger partial charge in [-0.05, 0) is 43.7 Å². The van der Waals surface area contributed by atoms with Crippen molar-refractivity contribution >= 4 is 12.0 Å². The van der Waals surface area contributed by atoms with Crippen molar-refractivity contribution in [3.8, 4) is 0 Å². The lowest BCUT2D eigenvalue weighted by Gasteiger charge is -2.37. The van der Waals surface area contributed by atoms with E-state index in [-0.39, 0.29) is 5.91 Å². The summed E-state index contributed by atoms with van der Waals surface area (Å²) in [4.78, 5) is 20.8. The van der Waals surface area contributed by atoms with Crippen molar-refractivity contribution in [1.29, 1.82) is 0 Å². The molecule has 1 saturated heterocycles. The average Bonchev–Trinajstić information content (AvgIpc) is 3.05. The van der Waals surface area contributed by atoms with Crippen LogP contribution in [0.3, 0.4) is 0 Å². The Bertz CT molecular complexity index is 700. The monoisotopic (exact) mass is 325 g/mol. The summed E-state index contributed by atoms with van der Waals surface area (Å²) in [5, 5.41) is 0. The number of carbonyl (C=O) groups is 1. The van der Waals surface area contributed by atoms with Gasteiger partial charge in [-0.1, -0.05) is 6.07 Å². The minimum atomic E-state index is 0.0396. The zero-order valence-corrected chi connectivity index (χ0v) is 14.2. The summed E-state index contributed by atoms with van der Waals surface area (Å²) in [5.41, 5.74) is 1.21. The summed E-state index contributed by atoms with van der Waals surface area (Å²) in [5.74, 6) is 1.60. The molecule has 1 aliphatic rings. The number of nitrogens with zero attached hydrogens (tertiary/aromatic N) is 3. The largest absolute Gasteiger partial charge is 0.462 e. The highest BCUT2D eigenvalue weighted by Crippen LogP contribution is 2.20. The van der Waals surface area contributed by atoms with Gasteiger partial charge in [0, 0.05) is 50.7 Å². The van der Waals surface area contributed by atoms with E-state index in [9.17, 15) is 4.79 Å². The van der Waals surface area contributed by atoms with Gasteiger partial charge in [-0.15, -0.1) is 0 Å². The van der Waals surface area contributed by atoms with Crippen LogP contribution >= 0.6 is 0 Å². The highest BCUT2D eigenvalue weighted by atomic mass is 16.3. The van der Waals surface area contributed by atoms with Crippen LogP contribution in [-0.4, -0.2) is 46.9 Å². The Morgan fingerprint density at radius 3 is 2.67 bits per heavy atom. The summed E-state index contributed by atoms with van der Waals surface area (Å²) in [7, 11) is 0. The van der Waals surface area contributed by atoms with Gasteiger partial charge < -0.3 is 9.32 Å². The second-order valence-corrected chi connectivity index (χ2v) is 6.11. The van der Waals surface area contributed by atoms with Crippen LogP contribution in [0.25, 0.3) is 6.08 Å². The predicted octanol–water partition coefficient (Wildman–Crippen LogP) is 2.90. The topological polar surface area (TPSA) is 49.6 Å². The molecule has 0 saturated carbocycles. The first-order chi connectivity index (χ1) is 11.6. The quantitative estimate of drug-likeness (QED) is 0.811. The van der Waals surface area contributed by atoms with E-state index in [2.05, 4.69) is 22.9 Å². The second-order valence-electron chi connectivity index (χ2n) is 6.11. The average molecular weight is 325 g/mol. The highest BCUT2D eigenvalue weighted by Gasteiger charge is 2.23. The predicted molar refractivity (Wildman–Crippen MR) is 93.3 cm³/mol. The van der Waals surface area contributed by atoms with Gasteiger partial charge in [-0.2, -0.15) is 0 Å². The third-order valence-corrected chi connectivity index (χ3v) is 4.49. The van der Waals surface area contributed by atoms with Crippen molar-refractivity contribution in [2.75, 3.05) is 26.2 Å². The van der Waals surface area contributed by atoms with E-state index in [4.69, 9.17) is 4.42 Å². The number of pyridine rings is 1. The van der Waals surface area contributed by atoms with E-state index in [1.165, 1.54) is 5.56 Å². The van der Waals surface area contributed by atoms with Gasteiger partial charge in [0.2, 0.25) is 5.91 Å². The molecule has 2 aromatic rings. The third kappa shape index (κ3) is 3.92. The van der Waals surface area contributed by atoms with E-state index in [0.29, 0.717) is 11.8 Å². The van der Waals surface area contributed by atoms with E-state index in [1.807, 2.05) is 36.2 Å². The molecule has 0 bridgehead atoms. The second kappa shape index (κ2) is 7.45. The van der Waals surface area contributed by atoms with Gasteiger partial charge in [0.15, 0.2) is 0 Å². The van der Waals surface area contributed by atoms with Crippen LogP contribution < -0.4 is 0 Å². The van der Waals surface area contributed by atoms with Gasteiger partial charge in [0.1, 0.15) is 11.5 Å². The molecule has 3 heterocycles. The zero-order valence-electron chi connectivity index (χ0n) is 14.2. The molecular formula is C19H23N3O2. The number of amides is 1. The van der Waals surface area contributed by atoms with Gasteiger partial charge in [0.05, 0.1) is 0 Å². The Labute approximate surface area is 142 Å². The number of hydrogen-bond donors (Lipinski definition) is 0. The van der Waals surface area contributed by atoms with Crippen LogP contribution in [0.5, 0.6) is 0 Å². The van der Waals surface area contributed by atoms with E-state index < -0.39 is 0 Å². The van der Waals surface area contributed by atoms with Crippen molar-refractivity contribution in [2.45, 2.75) is 19.9 Å². The van der Waals surface area contributed by atoms with Crippen molar-refractivity contribution in [3.63, 3.8) is 0 Å². The fourth-order valence-electron chi connectivity index (χ4n) is 2.97. The molecule has 24 heavy (non-hydrogen) atoms. The fraction of sp³-hybridized carbons (Fsp3) is 0.368. The SMILES string of the molecule is Cc1ccc(/C=C/C(=O)N2CCN([C@H](C)c3cccnc3)CC2)o1. The Balaban J connectivity index is 1.53. The molecule has 1 atom stereocenters. The number of carbonyl (C=O) groups excluding carboxylic acids is 1. The molecule has 5 nitrogen and oxygen atoms in total. The van der Waals surface area contributed by atoms with Crippen LogP contribution in [0, 0.1) is 6.92 Å². The van der Waals surface area contributed by atoms with Gasteiger partial charge in [-0.3, -0.25) is 14.7 Å². The van der Waals surface area contributed by atoms with Crippen LogP contribution in [0.2, 0.25) is 0 Å². The Morgan fingerprint density at radius 1 is 1.25 bits per heavy atom. The molecule has 0 spiro atoms. The molecule has 5 heteroatoms. The Hall–Kier alpha value is -2.40. The minimum absolute atomic E-state index is 0.0396. The molecule has 1 fully saturated rings. The van der Waals surface area contributed by atoms with Crippen LogP contribution in [0.15, 0.2) is 47.2 Å². The number of piperazine rings is 1. The number of hydrogen-bond acceptors (Lipinski definition) is 4. The molecule has 3 rings (SSSR count). The van der Waals surface area contributed by atoms with Crippen molar-refractivity contribution in [1.82, 2.24) is 14.8 Å². The molecule has 0 unspecified atom stereocenters. The fourth-order valence-corrected chi connectivity index (χ4v) is 2.97. The molecule has 0 aliphatic carbocycles. The maximum Gasteiger partial charge on any atom is 0.246 e. The zero-order chi connectivity index (χ0) is 16.9. The number of aryl methyl sites for hydroxylation is 1. The maximum absolute atomic E-state index is 12.3. The third-order valence-electron chi connectivity index (χ3n) is 4.49.